The molecule has 0 atom stereocenters. The van der Waals surface area contributed by atoms with Crippen molar-refractivity contribution >= 4 is 11.9 Å². The van der Waals surface area contributed by atoms with E-state index in [0.29, 0.717) is 6.54 Å². The van der Waals surface area contributed by atoms with Gasteiger partial charge in [0.25, 0.3) is 0 Å². The van der Waals surface area contributed by atoms with Gasteiger partial charge in [-0.1, -0.05) is 0 Å². The number of carbonyl (C=O) groups is 2. The fraction of sp³-hybridized carbons (Fsp3) is 0.545. The Morgan fingerprint density at radius 1 is 1.39 bits per heavy atom. The summed E-state index contributed by atoms with van der Waals surface area (Å²) in [6.45, 7) is 2.31. The van der Waals surface area contributed by atoms with E-state index in [1.165, 1.54) is 4.90 Å². The highest BCUT2D eigenvalue weighted by molar-refractivity contribution is 5.83. The van der Waals surface area contributed by atoms with Gasteiger partial charge in [0.15, 0.2) is 0 Å². The number of aromatic nitrogens is 2. The van der Waals surface area contributed by atoms with Crippen LogP contribution in [0.1, 0.15) is 11.3 Å². The lowest BCUT2D eigenvalue weighted by molar-refractivity contribution is -0.120. The number of carbonyl (C=O) groups excluding carboxylic acids is 2. The van der Waals surface area contributed by atoms with Gasteiger partial charge in [-0.2, -0.15) is 5.10 Å². The summed E-state index contributed by atoms with van der Waals surface area (Å²) in [5.41, 5.74) is 1.97. The maximum atomic E-state index is 11.5. The first kappa shape index (κ1) is 14.0. The molecule has 0 saturated heterocycles. The summed E-state index contributed by atoms with van der Waals surface area (Å²) in [7, 11) is 5.08. The number of urea groups is 1. The number of aryl methyl sites for hydroxylation is 1. The van der Waals surface area contributed by atoms with Crippen LogP contribution in [-0.4, -0.2) is 47.3 Å². The summed E-state index contributed by atoms with van der Waals surface area (Å²) in [5, 5.41) is 9.29. The Labute approximate surface area is 106 Å². The van der Waals surface area contributed by atoms with Crippen LogP contribution in [0.15, 0.2) is 6.20 Å². The smallest absolute Gasteiger partial charge is 0.317 e. The van der Waals surface area contributed by atoms with E-state index in [0.717, 1.165) is 11.3 Å². The molecule has 3 amide bonds. The van der Waals surface area contributed by atoms with Gasteiger partial charge in [0.1, 0.15) is 0 Å². The van der Waals surface area contributed by atoms with Crippen LogP contribution in [0, 0.1) is 6.92 Å². The standard InChI is InChI=1S/C11H19N5O2/c1-8-9(6-14-16(8)4)5-12-10(17)7-13-11(18)15(2)3/h6H,5,7H2,1-4H3,(H,12,17)(H,13,18). The fourth-order valence-electron chi connectivity index (χ4n) is 1.29. The highest BCUT2D eigenvalue weighted by Gasteiger charge is 2.08. The van der Waals surface area contributed by atoms with Gasteiger partial charge in [-0.05, 0) is 6.92 Å². The monoisotopic (exact) mass is 253 g/mol. The highest BCUT2D eigenvalue weighted by atomic mass is 16.2. The summed E-state index contributed by atoms with van der Waals surface area (Å²) in [6, 6.07) is -0.289. The van der Waals surface area contributed by atoms with Crippen molar-refractivity contribution in [1.82, 2.24) is 25.3 Å². The average molecular weight is 253 g/mol. The zero-order chi connectivity index (χ0) is 13.7. The first-order valence-corrected chi connectivity index (χ1v) is 5.61. The van der Waals surface area contributed by atoms with Crippen LogP contribution in [0.25, 0.3) is 0 Å². The Kier molecular flexibility index (Phi) is 4.70. The summed E-state index contributed by atoms with van der Waals surface area (Å²) in [6.07, 6.45) is 1.72. The molecule has 0 saturated carbocycles. The lowest BCUT2D eigenvalue weighted by atomic mass is 10.2. The van der Waals surface area contributed by atoms with Gasteiger partial charge in [-0.15, -0.1) is 0 Å². The minimum Gasteiger partial charge on any atom is -0.350 e. The molecule has 0 bridgehead atoms. The molecule has 18 heavy (non-hydrogen) atoms. The van der Waals surface area contributed by atoms with Crippen LogP contribution in [-0.2, 0) is 18.4 Å². The second-order valence-corrected chi connectivity index (χ2v) is 4.21. The average Bonchev–Trinajstić information content (AvgIpc) is 2.64. The van der Waals surface area contributed by atoms with Gasteiger partial charge in [-0.25, -0.2) is 4.79 Å². The Bertz CT molecular complexity index is 439. The Morgan fingerprint density at radius 3 is 2.56 bits per heavy atom. The predicted octanol–water partition coefficient (Wildman–Crippen LogP) is -0.384. The summed E-state index contributed by atoms with van der Waals surface area (Å²) >= 11 is 0. The first-order chi connectivity index (χ1) is 8.41. The predicted molar refractivity (Wildman–Crippen MR) is 66.9 cm³/mol. The number of rotatable bonds is 4. The van der Waals surface area contributed by atoms with E-state index in [1.807, 2.05) is 14.0 Å². The molecule has 0 radical (unpaired) electrons. The molecule has 100 valence electrons. The van der Waals surface area contributed by atoms with Crippen LogP contribution in [0.4, 0.5) is 4.79 Å². The molecule has 1 heterocycles. The zero-order valence-corrected chi connectivity index (χ0v) is 11.1. The maximum absolute atomic E-state index is 11.5. The van der Waals surface area contributed by atoms with E-state index in [1.54, 1.807) is 25.0 Å². The van der Waals surface area contributed by atoms with E-state index >= 15 is 0 Å². The van der Waals surface area contributed by atoms with Gasteiger partial charge in [0, 0.05) is 38.9 Å². The normalized spacial score (nSPS) is 10.0. The maximum Gasteiger partial charge on any atom is 0.317 e. The first-order valence-electron chi connectivity index (χ1n) is 5.61. The second kappa shape index (κ2) is 6.04. The van der Waals surface area contributed by atoms with Crippen molar-refractivity contribution in [1.29, 1.82) is 0 Å². The number of nitrogens with one attached hydrogen (secondary N) is 2. The van der Waals surface area contributed by atoms with Crippen LogP contribution >= 0.6 is 0 Å². The summed E-state index contributed by atoms with van der Waals surface area (Å²) < 4.78 is 1.75. The van der Waals surface area contributed by atoms with Crippen molar-refractivity contribution in [2.24, 2.45) is 7.05 Å². The minimum atomic E-state index is -0.289. The van der Waals surface area contributed by atoms with Crippen LogP contribution < -0.4 is 10.6 Å². The molecular formula is C11H19N5O2. The van der Waals surface area contributed by atoms with Crippen molar-refractivity contribution in [2.75, 3.05) is 20.6 Å². The molecule has 0 fully saturated rings. The van der Waals surface area contributed by atoms with Crippen molar-refractivity contribution in [3.8, 4) is 0 Å². The number of hydrogen-bond acceptors (Lipinski definition) is 3. The second-order valence-electron chi connectivity index (χ2n) is 4.21. The SMILES string of the molecule is Cc1c(CNC(=O)CNC(=O)N(C)C)cnn1C. The highest BCUT2D eigenvalue weighted by Crippen LogP contribution is 2.04. The summed E-state index contributed by atoms with van der Waals surface area (Å²) in [4.78, 5) is 24.1. The zero-order valence-electron chi connectivity index (χ0n) is 11.1. The van der Waals surface area contributed by atoms with Gasteiger partial charge < -0.3 is 15.5 Å². The van der Waals surface area contributed by atoms with Gasteiger partial charge in [0.05, 0.1) is 12.7 Å². The number of nitrogens with zero attached hydrogens (tertiary/aromatic N) is 3. The Morgan fingerprint density at radius 2 is 2.06 bits per heavy atom. The lowest BCUT2D eigenvalue weighted by Gasteiger charge is -2.11. The molecule has 7 nitrogen and oxygen atoms in total. The van der Waals surface area contributed by atoms with Crippen molar-refractivity contribution < 1.29 is 9.59 Å². The van der Waals surface area contributed by atoms with Crippen LogP contribution in [0.2, 0.25) is 0 Å². The molecular weight excluding hydrogens is 234 g/mol. The van der Waals surface area contributed by atoms with E-state index in [4.69, 9.17) is 0 Å². The molecule has 0 aliphatic carbocycles. The van der Waals surface area contributed by atoms with Crippen LogP contribution in [0.3, 0.4) is 0 Å². The molecule has 0 aliphatic heterocycles. The number of hydrogen-bond donors (Lipinski definition) is 2. The Hall–Kier alpha value is -2.05. The molecule has 0 aromatic carbocycles. The van der Waals surface area contributed by atoms with E-state index < -0.39 is 0 Å². The quantitative estimate of drug-likeness (QED) is 0.767. The van der Waals surface area contributed by atoms with Crippen molar-refractivity contribution in [2.45, 2.75) is 13.5 Å². The molecule has 1 aromatic heterocycles. The summed E-state index contributed by atoms with van der Waals surface area (Å²) in [5.74, 6) is -0.228. The molecule has 0 unspecified atom stereocenters. The van der Waals surface area contributed by atoms with Gasteiger partial charge in [0.2, 0.25) is 5.91 Å². The third-order valence-corrected chi connectivity index (χ3v) is 2.62. The van der Waals surface area contributed by atoms with Crippen molar-refractivity contribution in [3.63, 3.8) is 0 Å². The third-order valence-electron chi connectivity index (χ3n) is 2.62. The topological polar surface area (TPSA) is 79.3 Å². The molecule has 1 rings (SSSR count). The molecule has 7 heteroatoms. The molecule has 2 N–H and O–H groups in total. The molecule has 0 aliphatic rings. The van der Waals surface area contributed by atoms with Gasteiger partial charge in [-0.3, -0.25) is 9.48 Å². The van der Waals surface area contributed by atoms with E-state index in [-0.39, 0.29) is 18.5 Å². The van der Waals surface area contributed by atoms with Crippen LogP contribution in [0.5, 0.6) is 0 Å². The van der Waals surface area contributed by atoms with E-state index in [2.05, 4.69) is 15.7 Å². The molecule has 1 aromatic rings. The van der Waals surface area contributed by atoms with Crippen molar-refractivity contribution in [3.05, 3.63) is 17.5 Å². The largest absolute Gasteiger partial charge is 0.350 e. The van der Waals surface area contributed by atoms with Gasteiger partial charge >= 0.3 is 6.03 Å². The number of amides is 3. The molecule has 0 spiro atoms. The fourth-order valence-corrected chi connectivity index (χ4v) is 1.29. The third kappa shape index (κ3) is 3.76. The Balaban J connectivity index is 2.34. The minimum absolute atomic E-state index is 0.0314. The lowest BCUT2D eigenvalue weighted by Crippen LogP contribution is -2.41. The van der Waals surface area contributed by atoms with E-state index in [9.17, 15) is 9.59 Å².